The summed E-state index contributed by atoms with van der Waals surface area (Å²) >= 11 is 0. The molecule has 82 valence electrons. The number of nitrogens with one attached hydrogen (secondary N) is 2. The molecule has 1 rings (SSSR count). The number of hydrogen-bond donors (Lipinski definition) is 2. The summed E-state index contributed by atoms with van der Waals surface area (Å²) in [5.41, 5.74) is 0. The molecule has 1 fully saturated rings. The van der Waals surface area contributed by atoms with Crippen molar-refractivity contribution in [1.82, 2.24) is 10.6 Å². The molecule has 0 aliphatic carbocycles. The predicted octanol–water partition coefficient (Wildman–Crippen LogP) is 0.137. The standard InChI is InChI=1S/C10H20N2O2/c1-8-9(4-3-5-11-8)10(13)12-6-7-14-2/h8-9,11H,3-7H2,1-2H3,(H,12,13). The van der Waals surface area contributed by atoms with Gasteiger partial charge >= 0.3 is 0 Å². The van der Waals surface area contributed by atoms with E-state index in [0.717, 1.165) is 19.4 Å². The minimum Gasteiger partial charge on any atom is -0.383 e. The highest BCUT2D eigenvalue weighted by atomic mass is 16.5. The minimum atomic E-state index is 0.126. The number of carbonyl (C=O) groups is 1. The maximum absolute atomic E-state index is 11.7. The van der Waals surface area contributed by atoms with Crippen molar-refractivity contribution in [3.63, 3.8) is 0 Å². The monoisotopic (exact) mass is 200 g/mol. The van der Waals surface area contributed by atoms with Crippen molar-refractivity contribution in [3.8, 4) is 0 Å². The summed E-state index contributed by atoms with van der Waals surface area (Å²) in [7, 11) is 1.64. The quantitative estimate of drug-likeness (QED) is 0.635. The van der Waals surface area contributed by atoms with Crippen LogP contribution in [0.15, 0.2) is 0 Å². The Kier molecular flexibility index (Phi) is 4.90. The lowest BCUT2D eigenvalue weighted by Crippen LogP contribution is -2.47. The average molecular weight is 200 g/mol. The van der Waals surface area contributed by atoms with Crippen LogP contribution < -0.4 is 10.6 Å². The smallest absolute Gasteiger partial charge is 0.224 e. The molecule has 0 saturated carbocycles. The first-order valence-electron chi connectivity index (χ1n) is 5.25. The fourth-order valence-corrected chi connectivity index (χ4v) is 1.81. The van der Waals surface area contributed by atoms with E-state index in [1.165, 1.54) is 0 Å². The number of rotatable bonds is 4. The maximum Gasteiger partial charge on any atom is 0.224 e. The molecule has 0 aromatic rings. The normalized spacial score (nSPS) is 27.3. The van der Waals surface area contributed by atoms with E-state index in [0.29, 0.717) is 19.2 Å². The van der Waals surface area contributed by atoms with Gasteiger partial charge in [0, 0.05) is 19.7 Å². The first-order valence-corrected chi connectivity index (χ1v) is 5.25. The van der Waals surface area contributed by atoms with Crippen LogP contribution in [0.25, 0.3) is 0 Å². The highest BCUT2D eigenvalue weighted by Crippen LogP contribution is 2.15. The SMILES string of the molecule is COCCNC(=O)C1CCCNC1C. The molecule has 1 heterocycles. The molecule has 0 aromatic heterocycles. The Balaban J connectivity index is 2.27. The van der Waals surface area contributed by atoms with E-state index in [-0.39, 0.29) is 11.8 Å². The van der Waals surface area contributed by atoms with Crippen LogP contribution in [0.5, 0.6) is 0 Å². The van der Waals surface area contributed by atoms with Gasteiger partial charge < -0.3 is 15.4 Å². The Labute approximate surface area is 85.4 Å². The van der Waals surface area contributed by atoms with Crippen LogP contribution in [-0.4, -0.2) is 38.8 Å². The largest absolute Gasteiger partial charge is 0.383 e. The molecule has 4 heteroatoms. The Hall–Kier alpha value is -0.610. The third kappa shape index (κ3) is 3.27. The highest BCUT2D eigenvalue weighted by Gasteiger charge is 2.26. The predicted molar refractivity (Wildman–Crippen MR) is 55.1 cm³/mol. The van der Waals surface area contributed by atoms with Gasteiger partial charge in [0.1, 0.15) is 0 Å². The second-order valence-corrected chi connectivity index (χ2v) is 3.78. The van der Waals surface area contributed by atoms with E-state index in [4.69, 9.17) is 4.74 Å². The van der Waals surface area contributed by atoms with Crippen molar-refractivity contribution in [2.45, 2.75) is 25.8 Å². The van der Waals surface area contributed by atoms with E-state index < -0.39 is 0 Å². The Morgan fingerprint density at radius 1 is 1.64 bits per heavy atom. The van der Waals surface area contributed by atoms with Gasteiger partial charge in [-0.25, -0.2) is 0 Å². The molecular formula is C10H20N2O2. The van der Waals surface area contributed by atoms with Gasteiger partial charge in [-0.2, -0.15) is 0 Å². The third-order valence-electron chi connectivity index (χ3n) is 2.70. The molecule has 1 amide bonds. The van der Waals surface area contributed by atoms with E-state index >= 15 is 0 Å². The van der Waals surface area contributed by atoms with Crippen LogP contribution >= 0.6 is 0 Å². The molecule has 0 aromatic carbocycles. The molecule has 2 atom stereocenters. The van der Waals surface area contributed by atoms with Gasteiger partial charge in [-0.3, -0.25) is 4.79 Å². The number of amides is 1. The van der Waals surface area contributed by atoms with Gasteiger partial charge in [-0.1, -0.05) is 0 Å². The van der Waals surface area contributed by atoms with Crippen molar-refractivity contribution < 1.29 is 9.53 Å². The molecule has 2 N–H and O–H groups in total. The number of carbonyl (C=O) groups excluding carboxylic acids is 1. The number of methoxy groups -OCH3 is 1. The van der Waals surface area contributed by atoms with Crippen molar-refractivity contribution >= 4 is 5.91 Å². The molecule has 4 nitrogen and oxygen atoms in total. The van der Waals surface area contributed by atoms with E-state index in [1.807, 2.05) is 0 Å². The van der Waals surface area contributed by atoms with Crippen LogP contribution in [0.4, 0.5) is 0 Å². The lowest BCUT2D eigenvalue weighted by Gasteiger charge is -2.28. The summed E-state index contributed by atoms with van der Waals surface area (Å²) in [4.78, 5) is 11.7. The van der Waals surface area contributed by atoms with Crippen LogP contribution in [0.3, 0.4) is 0 Å². The van der Waals surface area contributed by atoms with Gasteiger partial charge in [-0.15, -0.1) is 0 Å². The molecule has 1 aliphatic rings. The Bertz CT molecular complexity index is 185. The van der Waals surface area contributed by atoms with E-state index in [1.54, 1.807) is 7.11 Å². The van der Waals surface area contributed by atoms with E-state index in [9.17, 15) is 4.79 Å². The van der Waals surface area contributed by atoms with Gasteiger partial charge in [0.2, 0.25) is 5.91 Å². The first kappa shape index (κ1) is 11.5. The first-order chi connectivity index (χ1) is 6.75. The zero-order valence-corrected chi connectivity index (χ0v) is 9.01. The maximum atomic E-state index is 11.7. The number of ether oxygens (including phenoxy) is 1. The topological polar surface area (TPSA) is 50.4 Å². The van der Waals surface area contributed by atoms with Crippen molar-refractivity contribution in [1.29, 1.82) is 0 Å². The molecule has 1 aliphatic heterocycles. The zero-order valence-electron chi connectivity index (χ0n) is 9.01. The average Bonchev–Trinajstić information content (AvgIpc) is 2.18. The molecule has 1 saturated heterocycles. The summed E-state index contributed by atoms with van der Waals surface area (Å²) in [6.07, 6.45) is 2.08. The third-order valence-corrected chi connectivity index (χ3v) is 2.70. The molecule has 14 heavy (non-hydrogen) atoms. The summed E-state index contributed by atoms with van der Waals surface area (Å²) in [5, 5.41) is 6.19. The molecule has 0 bridgehead atoms. The second-order valence-electron chi connectivity index (χ2n) is 3.78. The number of piperidine rings is 1. The van der Waals surface area contributed by atoms with Gasteiger partial charge in [0.25, 0.3) is 0 Å². The lowest BCUT2D eigenvalue weighted by molar-refractivity contribution is -0.126. The summed E-state index contributed by atoms with van der Waals surface area (Å²) in [6.45, 7) is 4.29. The van der Waals surface area contributed by atoms with Gasteiger partial charge in [0.05, 0.1) is 12.5 Å². The summed E-state index contributed by atoms with van der Waals surface area (Å²) in [6, 6.07) is 0.297. The van der Waals surface area contributed by atoms with Crippen LogP contribution in [0.2, 0.25) is 0 Å². The summed E-state index contributed by atoms with van der Waals surface area (Å²) < 4.78 is 4.88. The molecule has 0 radical (unpaired) electrons. The highest BCUT2D eigenvalue weighted by molar-refractivity contribution is 5.79. The zero-order chi connectivity index (χ0) is 10.4. The number of hydrogen-bond acceptors (Lipinski definition) is 3. The minimum absolute atomic E-state index is 0.126. The molecule has 2 unspecified atom stereocenters. The lowest BCUT2D eigenvalue weighted by atomic mass is 9.91. The van der Waals surface area contributed by atoms with Gasteiger partial charge in [-0.05, 0) is 26.3 Å². The molecular weight excluding hydrogens is 180 g/mol. The van der Waals surface area contributed by atoms with Crippen LogP contribution in [0.1, 0.15) is 19.8 Å². The van der Waals surface area contributed by atoms with Crippen molar-refractivity contribution in [2.75, 3.05) is 26.8 Å². The molecule has 0 spiro atoms. The van der Waals surface area contributed by atoms with Crippen LogP contribution in [-0.2, 0) is 9.53 Å². The van der Waals surface area contributed by atoms with Crippen molar-refractivity contribution in [2.24, 2.45) is 5.92 Å². The van der Waals surface area contributed by atoms with Gasteiger partial charge in [0.15, 0.2) is 0 Å². The van der Waals surface area contributed by atoms with Crippen LogP contribution in [0, 0.1) is 5.92 Å². The second kappa shape index (κ2) is 5.98. The Morgan fingerprint density at radius 3 is 3.07 bits per heavy atom. The fraction of sp³-hybridized carbons (Fsp3) is 0.900. The Morgan fingerprint density at radius 2 is 2.43 bits per heavy atom. The summed E-state index contributed by atoms with van der Waals surface area (Å²) in [5.74, 6) is 0.280. The van der Waals surface area contributed by atoms with Crippen molar-refractivity contribution in [3.05, 3.63) is 0 Å². The van der Waals surface area contributed by atoms with E-state index in [2.05, 4.69) is 17.6 Å². The fourth-order valence-electron chi connectivity index (χ4n) is 1.81.